The van der Waals surface area contributed by atoms with Crippen molar-refractivity contribution in [3.8, 4) is 0 Å². The second-order valence-electron chi connectivity index (χ2n) is 5.45. The van der Waals surface area contributed by atoms with E-state index in [0.29, 0.717) is 18.8 Å². The number of rotatable bonds is 5. The molecule has 0 unspecified atom stereocenters. The average Bonchev–Trinajstić information content (AvgIpc) is 2.62. The number of amides is 3. The van der Waals surface area contributed by atoms with Crippen LogP contribution in [0.25, 0.3) is 0 Å². The molecule has 0 radical (unpaired) electrons. The van der Waals surface area contributed by atoms with Crippen molar-refractivity contribution in [2.75, 3.05) is 19.5 Å². The van der Waals surface area contributed by atoms with E-state index in [-0.39, 0.29) is 11.8 Å². The fraction of sp³-hybridized carbons (Fsp3) is 0.222. The molecular weight excluding hydrogens is 325 g/mol. The van der Waals surface area contributed by atoms with Crippen molar-refractivity contribution < 1.29 is 18.7 Å². The number of ether oxygens (including phenoxy) is 1. The first-order valence-electron chi connectivity index (χ1n) is 7.65. The van der Waals surface area contributed by atoms with Crippen LogP contribution >= 0.6 is 0 Å². The van der Waals surface area contributed by atoms with E-state index < -0.39 is 6.09 Å². The monoisotopic (exact) mass is 345 g/mol. The second kappa shape index (κ2) is 8.68. The van der Waals surface area contributed by atoms with Crippen molar-refractivity contribution in [3.05, 3.63) is 65.5 Å². The molecular formula is C18H20FN3O3. The fourth-order valence-electron chi connectivity index (χ4n) is 2.12. The lowest BCUT2D eigenvalue weighted by Crippen LogP contribution is -2.36. The summed E-state index contributed by atoms with van der Waals surface area (Å²) in [5.41, 5.74) is 2.34. The summed E-state index contributed by atoms with van der Waals surface area (Å²) in [7, 11) is 2.96. The molecule has 7 heteroatoms. The minimum atomic E-state index is -0.538. The standard InChI is InChI=1S/C18H20FN3O3/c1-22(12-14-3-7-15(19)8-4-14)17(23)20-11-13-5-9-16(10-6-13)21-18(24)25-2/h3-10H,11-12H2,1-2H3,(H,20,23)(H,21,24). The molecule has 2 aromatic rings. The molecule has 0 aromatic heterocycles. The lowest BCUT2D eigenvalue weighted by atomic mass is 10.2. The number of carbonyl (C=O) groups is 2. The van der Waals surface area contributed by atoms with Gasteiger partial charge in [-0.15, -0.1) is 0 Å². The third-order valence-electron chi connectivity index (χ3n) is 3.51. The molecule has 0 saturated carbocycles. The molecule has 2 N–H and O–H groups in total. The van der Waals surface area contributed by atoms with E-state index in [4.69, 9.17) is 0 Å². The lowest BCUT2D eigenvalue weighted by molar-refractivity contribution is 0.187. The highest BCUT2D eigenvalue weighted by molar-refractivity contribution is 5.84. The molecule has 0 aliphatic heterocycles. The predicted molar refractivity (Wildman–Crippen MR) is 92.6 cm³/mol. The highest BCUT2D eigenvalue weighted by Crippen LogP contribution is 2.10. The van der Waals surface area contributed by atoms with E-state index in [9.17, 15) is 14.0 Å². The summed E-state index contributed by atoms with van der Waals surface area (Å²) in [5, 5.41) is 5.35. The second-order valence-corrected chi connectivity index (χ2v) is 5.45. The van der Waals surface area contributed by atoms with Crippen molar-refractivity contribution in [3.63, 3.8) is 0 Å². The van der Waals surface area contributed by atoms with Gasteiger partial charge >= 0.3 is 12.1 Å². The van der Waals surface area contributed by atoms with Crippen LogP contribution in [0.4, 0.5) is 19.7 Å². The first-order valence-corrected chi connectivity index (χ1v) is 7.65. The molecule has 0 atom stereocenters. The van der Waals surface area contributed by atoms with E-state index in [0.717, 1.165) is 11.1 Å². The molecule has 6 nitrogen and oxygen atoms in total. The molecule has 2 rings (SSSR count). The van der Waals surface area contributed by atoms with E-state index in [1.807, 2.05) is 0 Å². The summed E-state index contributed by atoms with van der Waals surface area (Å²) in [6.07, 6.45) is -0.538. The maximum Gasteiger partial charge on any atom is 0.411 e. The number of nitrogens with zero attached hydrogens (tertiary/aromatic N) is 1. The molecule has 0 saturated heterocycles. The molecule has 0 bridgehead atoms. The van der Waals surface area contributed by atoms with Crippen LogP contribution in [0, 0.1) is 5.82 Å². The van der Waals surface area contributed by atoms with Gasteiger partial charge in [0.2, 0.25) is 0 Å². The van der Waals surface area contributed by atoms with Gasteiger partial charge in [0, 0.05) is 25.8 Å². The van der Waals surface area contributed by atoms with Gasteiger partial charge in [-0.05, 0) is 35.4 Å². The first kappa shape index (κ1) is 18.3. The van der Waals surface area contributed by atoms with Crippen molar-refractivity contribution in [1.29, 1.82) is 0 Å². The Kier molecular flexibility index (Phi) is 6.33. The smallest absolute Gasteiger partial charge is 0.411 e. The van der Waals surface area contributed by atoms with Crippen molar-refractivity contribution in [2.24, 2.45) is 0 Å². The number of methoxy groups -OCH3 is 1. The van der Waals surface area contributed by atoms with Crippen LogP contribution in [0.3, 0.4) is 0 Å². The number of hydrogen-bond donors (Lipinski definition) is 2. The zero-order valence-corrected chi connectivity index (χ0v) is 14.1. The number of carbonyl (C=O) groups excluding carboxylic acids is 2. The molecule has 0 spiro atoms. The van der Waals surface area contributed by atoms with Crippen LogP contribution in [0.2, 0.25) is 0 Å². The average molecular weight is 345 g/mol. The summed E-state index contributed by atoms with van der Waals surface area (Å²) in [4.78, 5) is 24.7. The highest BCUT2D eigenvalue weighted by Gasteiger charge is 2.09. The maximum absolute atomic E-state index is 12.9. The topological polar surface area (TPSA) is 70.7 Å². The van der Waals surface area contributed by atoms with Gasteiger partial charge in [0.05, 0.1) is 7.11 Å². The Morgan fingerprint density at radius 1 is 1.04 bits per heavy atom. The zero-order chi connectivity index (χ0) is 18.2. The van der Waals surface area contributed by atoms with Gasteiger partial charge in [-0.1, -0.05) is 24.3 Å². The van der Waals surface area contributed by atoms with Crippen LogP contribution in [-0.4, -0.2) is 31.2 Å². The summed E-state index contributed by atoms with van der Waals surface area (Å²) in [5.74, 6) is -0.305. The lowest BCUT2D eigenvalue weighted by Gasteiger charge is -2.18. The third-order valence-corrected chi connectivity index (χ3v) is 3.51. The van der Waals surface area contributed by atoms with Gasteiger partial charge in [0.25, 0.3) is 0 Å². The Balaban J connectivity index is 1.82. The van der Waals surface area contributed by atoms with E-state index in [1.54, 1.807) is 43.4 Å². The third kappa shape index (κ3) is 5.80. The number of hydrogen-bond acceptors (Lipinski definition) is 3. The number of anilines is 1. The Morgan fingerprint density at radius 3 is 2.24 bits per heavy atom. The Morgan fingerprint density at radius 2 is 1.64 bits per heavy atom. The van der Waals surface area contributed by atoms with Crippen LogP contribution in [-0.2, 0) is 17.8 Å². The normalized spacial score (nSPS) is 10.0. The van der Waals surface area contributed by atoms with Gasteiger partial charge in [-0.3, -0.25) is 5.32 Å². The van der Waals surface area contributed by atoms with Crippen molar-refractivity contribution in [1.82, 2.24) is 10.2 Å². The Bertz CT molecular complexity index is 717. The molecule has 0 aliphatic rings. The van der Waals surface area contributed by atoms with Gasteiger partial charge in [-0.2, -0.15) is 0 Å². The Labute approximate surface area is 145 Å². The summed E-state index contributed by atoms with van der Waals surface area (Å²) < 4.78 is 17.4. The van der Waals surface area contributed by atoms with E-state index in [2.05, 4.69) is 15.4 Å². The first-order chi connectivity index (χ1) is 12.0. The maximum atomic E-state index is 12.9. The van der Waals surface area contributed by atoms with Crippen molar-refractivity contribution in [2.45, 2.75) is 13.1 Å². The van der Waals surface area contributed by atoms with E-state index in [1.165, 1.54) is 24.1 Å². The number of nitrogens with one attached hydrogen (secondary N) is 2. The SMILES string of the molecule is COC(=O)Nc1ccc(CNC(=O)N(C)Cc2ccc(F)cc2)cc1. The summed E-state index contributed by atoms with van der Waals surface area (Å²) >= 11 is 0. The molecule has 2 aromatic carbocycles. The summed E-state index contributed by atoms with van der Waals surface area (Å²) in [6, 6.07) is 12.8. The van der Waals surface area contributed by atoms with Crippen LogP contribution in [0.15, 0.2) is 48.5 Å². The van der Waals surface area contributed by atoms with Crippen molar-refractivity contribution >= 4 is 17.8 Å². The number of halogens is 1. The van der Waals surface area contributed by atoms with Gasteiger partial charge in [-0.25, -0.2) is 14.0 Å². The van der Waals surface area contributed by atoms with Gasteiger partial charge in [0.15, 0.2) is 0 Å². The van der Waals surface area contributed by atoms with Crippen LogP contribution in [0.1, 0.15) is 11.1 Å². The zero-order valence-electron chi connectivity index (χ0n) is 14.1. The molecule has 25 heavy (non-hydrogen) atoms. The van der Waals surface area contributed by atoms with Gasteiger partial charge in [0.1, 0.15) is 5.82 Å². The Hall–Kier alpha value is -3.09. The predicted octanol–water partition coefficient (Wildman–Crippen LogP) is 3.35. The van der Waals surface area contributed by atoms with Crippen LogP contribution < -0.4 is 10.6 Å². The minimum absolute atomic E-state index is 0.235. The fourth-order valence-corrected chi connectivity index (χ4v) is 2.12. The quantitative estimate of drug-likeness (QED) is 0.873. The minimum Gasteiger partial charge on any atom is -0.453 e. The van der Waals surface area contributed by atoms with Gasteiger partial charge < -0.3 is 15.0 Å². The number of urea groups is 1. The van der Waals surface area contributed by atoms with E-state index >= 15 is 0 Å². The molecule has 132 valence electrons. The largest absolute Gasteiger partial charge is 0.453 e. The molecule has 0 heterocycles. The summed E-state index contributed by atoms with van der Waals surface area (Å²) in [6.45, 7) is 0.735. The number of benzene rings is 2. The molecule has 0 aliphatic carbocycles. The molecule has 0 fully saturated rings. The van der Waals surface area contributed by atoms with Crippen LogP contribution in [0.5, 0.6) is 0 Å². The molecule has 3 amide bonds. The highest BCUT2D eigenvalue weighted by atomic mass is 19.1.